The predicted octanol–water partition coefficient (Wildman–Crippen LogP) is 4.30. The lowest BCUT2D eigenvalue weighted by Gasteiger charge is -2.35. The molecule has 136 valence electrons. The molecular formula is C19H20ClN3O2S. The second kappa shape index (κ2) is 6.68. The van der Waals surface area contributed by atoms with Gasteiger partial charge in [0, 0.05) is 23.5 Å². The smallest absolute Gasteiger partial charge is 0.264 e. The highest BCUT2D eigenvalue weighted by Crippen LogP contribution is 2.32. The van der Waals surface area contributed by atoms with E-state index in [9.17, 15) is 4.79 Å². The van der Waals surface area contributed by atoms with E-state index in [1.807, 2.05) is 60.7 Å². The van der Waals surface area contributed by atoms with Crippen molar-refractivity contribution in [2.45, 2.75) is 33.0 Å². The topological polar surface area (TPSA) is 47.4 Å². The van der Waals surface area contributed by atoms with E-state index in [2.05, 4.69) is 5.10 Å². The number of thiophene rings is 1. The molecule has 3 heterocycles. The molecule has 4 rings (SSSR count). The summed E-state index contributed by atoms with van der Waals surface area (Å²) in [5.41, 5.74) is 1.80. The summed E-state index contributed by atoms with van der Waals surface area (Å²) in [5, 5.41) is 6.29. The summed E-state index contributed by atoms with van der Waals surface area (Å²) < 4.78 is 7.60. The van der Waals surface area contributed by atoms with Gasteiger partial charge in [-0.15, -0.1) is 11.3 Å². The fourth-order valence-electron chi connectivity index (χ4n) is 3.44. The van der Waals surface area contributed by atoms with E-state index in [0.717, 1.165) is 26.5 Å². The van der Waals surface area contributed by atoms with Crippen molar-refractivity contribution >= 4 is 39.1 Å². The van der Waals surface area contributed by atoms with Crippen LogP contribution in [0.4, 0.5) is 0 Å². The van der Waals surface area contributed by atoms with Crippen LogP contribution in [0.15, 0.2) is 30.3 Å². The fourth-order valence-corrected chi connectivity index (χ4v) is 4.77. The van der Waals surface area contributed by atoms with Crippen molar-refractivity contribution in [1.82, 2.24) is 14.7 Å². The van der Waals surface area contributed by atoms with Gasteiger partial charge in [0.15, 0.2) is 0 Å². The molecule has 0 radical (unpaired) electrons. The molecule has 1 aliphatic heterocycles. The van der Waals surface area contributed by atoms with Gasteiger partial charge in [0.25, 0.3) is 5.91 Å². The van der Waals surface area contributed by atoms with Crippen LogP contribution >= 0.6 is 22.9 Å². The molecule has 1 saturated heterocycles. The summed E-state index contributed by atoms with van der Waals surface area (Å²) in [5.74, 6) is 0.0604. The molecule has 0 unspecified atom stereocenters. The number of amides is 1. The largest absolute Gasteiger partial charge is 0.372 e. The first-order valence-electron chi connectivity index (χ1n) is 8.62. The molecule has 0 aliphatic carbocycles. The van der Waals surface area contributed by atoms with Crippen molar-refractivity contribution in [3.63, 3.8) is 0 Å². The van der Waals surface area contributed by atoms with E-state index in [-0.39, 0.29) is 18.1 Å². The predicted molar refractivity (Wildman–Crippen MR) is 105 cm³/mol. The molecule has 2 aromatic heterocycles. The molecule has 1 amide bonds. The normalized spacial score (nSPS) is 20.7. The maximum atomic E-state index is 13.0. The highest BCUT2D eigenvalue weighted by molar-refractivity contribution is 7.20. The van der Waals surface area contributed by atoms with Crippen LogP contribution in [0, 0.1) is 6.92 Å². The van der Waals surface area contributed by atoms with E-state index in [4.69, 9.17) is 16.3 Å². The first kappa shape index (κ1) is 17.5. The second-order valence-electron chi connectivity index (χ2n) is 6.77. The van der Waals surface area contributed by atoms with Crippen molar-refractivity contribution in [3.8, 4) is 5.69 Å². The van der Waals surface area contributed by atoms with Crippen molar-refractivity contribution < 1.29 is 9.53 Å². The number of hydrogen-bond acceptors (Lipinski definition) is 4. The minimum absolute atomic E-state index is 0.0563. The zero-order valence-electron chi connectivity index (χ0n) is 14.9. The monoisotopic (exact) mass is 389 g/mol. The number of hydrogen-bond donors (Lipinski definition) is 0. The standard InChI is InChI=1S/C19H20ClN3O2S/c1-11-9-22(10-12(2)25-11)18(24)17-8-16-13(3)21-23(19(16)26-17)15-6-4-5-14(20)7-15/h4-8,11-12H,9-10H2,1-3H3/t11-,12-/m1/s1. The molecule has 0 saturated carbocycles. The van der Waals surface area contributed by atoms with Crippen LogP contribution in [0.5, 0.6) is 0 Å². The van der Waals surface area contributed by atoms with Gasteiger partial charge in [0.2, 0.25) is 0 Å². The third-order valence-electron chi connectivity index (χ3n) is 4.52. The van der Waals surface area contributed by atoms with Gasteiger partial charge in [-0.3, -0.25) is 4.79 Å². The minimum atomic E-state index is 0.0563. The van der Waals surface area contributed by atoms with Gasteiger partial charge in [0.1, 0.15) is 4.83 Å². The van der Waals surface area contributed by atoms with Crippen LogP contribution in [-0.2, 0) is 4.74 Å². The average Bonchev–Trinajstić information content (AvgIpc) is 3.14. The quantitative estimate of drug-likeness (QED) is 0.656. The van der Waals surface area contributed by atoms with Gasteiger partial charge in [-0.1, -0.05) is 17.7 Å². The zero-order valence-corrected chi connectivity index (χ0v) is 16.5. The highest BCUT2D eigenvalue weighted by Gasteiger charge is 2.28. The fraction of sp³-hybridized carbons (Fsp3) is 0.368. The Hall–Kier alpha value is -1.89. The zero-order chi connectivity index (χ0) is 18.4. The molecule has 5 nitrogen and oxygen atoms in total. The number of carbonyl (C=O) groups is 1. The van der Waals surface area contributed by atoms with Crippen LogP contribution in [0.2, 0.25) is 5.02 Å². The van der Waals surface area contributed by atoms with E-state index < -0.39 is 0 Å². The van der Waals surface area contributed by atoms with Gasteiger partial charge >= 0.3 is 0 Å². The lowest BCUT2D eigenvalue weighted by Crippen LogP contribution is -2.48. The van der Waals surface area contributed by atoms with Gasteiger partial charge in [-0.25, -0.2) is 4.68 Å². The lowest BCUT2D eigenvalue weighted by atomic mass is 10.2. The van der Waals surface area contributed by atoms with Gasteiger partial charge in [0.05, 0.1) is 28.5 Å². The third kappa shape index (κ3) is 3.13. The molecule has 0 N–H and O–H groups in total. The van der Waals surface area contributed by atoms with Crippen LogP contribution in [0.25, 0.3) is 15.9 Å². The summed E-state index contributed by atoms with van der Waals surface area (Å²) in [6.45, 7) is 7.21. The number of rotatable bonds is 2. The first-order valence-corrected chi connectivity index (χ1v) is 9.81. The first-order chi connectivity index (χ1) is 12.4. The minimum Gasteiger partial charge on any atom is -0.372 e. The van der Waals surface area contributed by atoms with Gasteiger partial charge in [-0.2, -0.15) is 5.10 Å². The molecule has 26 heavy (non-hydrogen) atoms. The number of nitrogens with zero attached hydrogens (tertiary/aromatic N) is 3. The maximum absolute atomic E-state index is 13.0. The van der Waals surface area contributed by atoms with Gasteiger partial charge < -0.3 is 9.64 Å². The Bertz CT molecular complexity index is 970. The second-order valence-corrected chi connectivity index (χ2v) is 8.24. The SMILES string of the molecule is Cc1nn(-c2cccc(Cl)c2)c2sc(C(=O)N3C[C@@H](C)O[C@H](C)C3)cc12. The van der Waals surface area contributed by atoms with E-state index in [1.54, 1.807) is 0 Å². The number of fused-ring (bicyclic) bond motifs is 1. The summed E-state index contributed by atoms with van der Waals surface area (Å²) in [7, 11) is 0. The van der Waals surface area contributed by atoms with Crippen molar-refractivity contribution in [2.75, 3.05) is 13.1 Å². The number of halogens is 1. The van der Waals surface area contributed by atoms with Crippen LogP contribution in [-0.4, -0.2) is 45.9 Å². The molecular weight excluding hydrogens is 370 g/mol. The number of aryl methyl sites for hydroxylation is 1. The molecule has 1 aromatic carbocycles. The van der Waals surface area contributed by atoms with E-state index >= 15 is 0 Å². The maximum Gasteiger partial charge on any atom is 0.264 e. The lowest BCUT2D eigenvalue weighted by molar-refractivity contribution is -0.0585. The molecule has 7 heteroatoms. The Morgan fingerprint density at radius 3 is 2.69 bits per heavy atom. The van der Waals surface area contributed by atoms with Crippen molar-refractivity contribution in [3.05, 3.63) is 45.9 Å². The molecule has 0 spiro atoms. The summed E-state index contributed by atoms with van der Waals surface area (Å²) >= 11 is 7.60. The Morgan fingerprint density at radius 2 is 2.00 bits per heavy atom. The number of aromatic nitrogens is 2. The molecule has 1 fully saturated rings. The van der Waals surface area contributed by atoms with E-state index in [1.165, 1.54) is 11.3 Å². The Labute approximate surface area is 161 Å². The number of morpholine rings is 1. The van der Waals surface area contributed by atoms with Crippen LogP contribution < -0.4 is 0 Å². The van der Waals surface area contributed by atoms with Crippen LogP contribution in [0.1, 0.15) is 29.2 Å². The summed E-state index contributed by atoms with van der Waals surface area (Å²) in [4.78, 5) is 16.6. The Kier molecular flexibility index (Phi) is 4.50. The summed E-state index contributed by atoms with van der Waals surface area (Å²) in [6.07, 6.45) is 0.113. The van der Waals surface area contributed by atoms with Crippen molar-refractivity contribution in [1.29, 1.82) is 0 Å². The number of carbonyl (C=O) groups excluding carboxylic acids is 1. The number of ether oxygens (including phenoxy) is 1. The molecule has 1 aliphatic rings. The van der Waals surface area contributed by atoms with Crippen LogP contribution in [0.3, 0.4) is 0 Å². The summed E-state index contributed by atoms with van der Waals surface area (Å²) in [6, 6.07) is 9.53. The van der Waals surface area contributed by atoms with E-state index in [0.29, 0.717) is 18.1 Å². The Morgan fingerprint density at radius 1 is 1.27 bits per heavy atom. The molecule has 3 aromatic rings. The number of benzene rings is 1. The third-order valence-corrected chi connectivity index (χ3v) is 5.85. The Balaban J connectivity index is 1.72. The van der Waals surface area contributed by atoms with Gasteiger partial charge in [-0.05, 0) is 45.0 Å². The average molecular weight is 390 g/mol. The highest BCUT2D eigenvalue weighted by atomic mass is 35.5. The van der Waals surface area contributed by atoms with Crippen molar-refractivity contribution in [2.24, 2.45) is 0 Å². The molecule has 0 bridgehead atoms. The molecule has 2 atom stereocenters.